The van der Waals surface area contributed by atoms with Crippen molar-refractivity contribution in [3.05, 3.63) is 59.4 Å². The van der Waals surface area contributed by atoms with Gasteiger partial charge in [-0.2, -0.15) is 0 Å². The van der Waals surface area contributed by atoms with Gasteiger partial charge in [-0.05, 0) is 35.9 Å². The van der Waals surface area contributed by atoms with Gasteiger partial charge in [0.2, 0.25) is 5.91 Å². The van der Waals surface area contributed by atoms with Gasteiger partial charge in [0, 0.05) is 31.9 Å². The predicted octanol–water partition coefficient (Wildman–Crippen LogP) is 2.15. The zero-order chi connectivity index (χ0) is 22.8. The number of H-pyrrole nitrogens is 1. The lowest BCUT2D eigenvalue weighted by molar-refractivity contribution is -0.143. The third-order valence-corrected chi connectivity index (χ3v) is 5.53. The molecule has 166 valence electrons. The van der Waals surface area contributed by atoms with E-state index in [4.69, 9.17) is 4.74 Å². The second kappa shape index (κ2) is 8.70. The number of likely N-dealkylation sites (N-methyl/N-ethyl adjacent to an activating group) is 1. The average Bonchev–Trinajstić information content (AvgIpc) is 3.15. The number of carbonyl (C=O) groups is 3. The molecule has 0 saturated heterocycles. The Bertz CT molecular complexity index is 1160. The Morgan fingerprint density at radius 1 is 1.25 bits per heavy atom. The van der Waals surface area contributed by atoms with Gasteiger partial charge in [-0.3, -0.25) is 14.4 Å². The Morgan fingerprint density at radius 2 is 2.03 bits per heavy atom. The van der Waals surface area contributed by atoms with Crippen molar-refractivity contribution in [2.75, 3.05) is 26.5 Å². The highest BCUT2D eigenvalue weighted by Crippen LogP contribution is 2.25. The van der Waals surface area contributed by atoms with E-state index in [2.05, 4.69) is 15.3 Å². The van der Waals surface area contributed by atoms with Crippen LogP contribution in [0.2, 0.25) is 0 Å². The molecule has 2 aromatic carbocycles. The van der Waals surface area contributed by atoms with Crippen LogP contribution in [0.25, 0.3) is 11.0 Å². The number of rotatable bonds is 5. The summed E-state index contributed by atoms with van der Waals surface area (Å²) >= 11 is 0. The number of methoxy groups -OCH3 is 1. The van der Waals surface area contributed by atoms with Crippen molar-refractivity contribution in [3.63, 3.8) is 0 Å². The minimum Gasteiger partial charge on any atom is -0.469 e. The van der Waals surface area contributed by atoms with Crippen molar-refractivity contribution in [1.82, 2.24) is 19.8 Å². The molecule has 2 amide bonds. The summed E-state index contributed by atoms with van der Waals surface area (Å²) < 4.78 is 4.70. The predicted molar refractivity (Wildman–Crippen MR) is 119 cm³/mol. The van der Waals surface area contributed by atoms with Crippen LogP contribution in [0, 0.1) is 0 Å². The number of nitrogens with zero attached hydrogens (tertiary/aromatic N) is 3. The van der Waals surface area contributed by atoms with Gasteiger partial charge in [-0.1, -0.05) is 12.1 Å². The van der Waals surface area contributed by atoms with Gasteiger partial charge in [0.05, 0.1) is 31.1 Å². The first kappa shape index (κ1) is 21.4. The first-order chi connectivity index (χ1) is 15.4. The molecule has 0 radical (unpaired) electrons. The standard InChI is InChI=1S/C23H25N5O4/c1-27-12-15-10-14(8-9-16(15)24-19(23(27)31)11-21(29)32-3)22(30)28(2)13-20-25-17-6-4-5-7-18(17)26-20/h4-10,19,24H,11-13H2,1-3H3,(H,25,26)/t19-/m0/s1. The molecule has 2 heterocycles. The zero-order valence-electron chi connectivity index (χ0n) is 18.2. The third-order valence-electron chi connectivity index (χ3n) is 5.53. The fraction of sp³-hybridized carbons (Fsp3) is 0.304. The van der Waals surface area contributed by atoms with Crippen molar-refractivity contribution >= 4 is 34.5 Å². The molecule has 2 N–H and O–H groups in total. The van der Waals surface area contributed by atoms with E-state index in [1.165, 1.54) is 7.11 Å². The maximum Gasteiger partial charge on any atom is 0.308 e. The summed E-state index contributed by atoms with van der Waals surface area (Å²) in [6.45, 7) is 0.662. The number of fused-ring (bicyclic) bond motifs is 2. The molecule has 0 aliphatic carbocycles. The number of hydrogen-bond acceptors (Lipinski definition) is 6. The normalized spacial score (nSPS) is 15.7. The molecule has 0 saturated carbocycles. The summed E-state index contributed by atoms with van der Waals surface area (Å²) in [7, 11) is 4.69. The number of anilines is 1. The van der Waals surface area contributed by atoms with Gasteiger partial charge in [-0.15, -0.1) is 0 Å². The molecule has 1 aliphatic heterocycles. The highest BCUT2D eigenvalue weighted by molar-refractivity contribution is 5.95. The number of aromatic amines is 1. The van der Waals surface area contributed by atoms with E-state index >= 15 is 0 Å². The Morgan fingerprint density at radius 3 is 2.78 bits per heavy atom. The van der Waals surface area contributed by atoms with Crippen LogP contribution in [0.3, 0.4) is 0 Å². The van der Waals surface area contributed by atoms with Crippen molar-refractivity contribution in [2.45, 2.75) is 25.6 Å². The Labute approximate surface area is 185 Å². The number of carbonyl (C=O) groups excluding carboxylic acids is 3. The van der Waals surface area contributed by atoms with Gasteiger partial charge in [0.1, 0.15) is 11.9 Å². The minimum atomic E-state index is -0.717. The molecule has 9 nitrogen and oxygen atoms in total. The first-order valence-electron chi connectivity index (χ1n) is 10.3. The highest BCUT2D eigenvalue weighted by Gasteiger charge is 2.30. The lowest BCUT2D eigenvalue weighted by Crippen LogP contribution is -2.39. The fourth-order valence-electron chi connectivity index (χ4n) is 3.83. The van der Waals surface area contributed by atoms with Crippen LogP contribution in [-0.4, -0.2) is 64.8 Å². The van der Waals surface area contributed by atoms with Crippen LogP contribution in [0.1, 0.15) is 28.2 Å². The second-order valence-electron chi connectivity index (χ2n) is 7.91. The topological polar surface area (TPSA) is 108 Å². The summed E-state index contributed by atoms with van der Waals surface area (Å²) in [6.07, 6.45) is -0.0694. The zero-order valence-corrected chi connectivity index (χ0v) is 18.2. The molecule has 9 heteroatoms. The number of nitrogens with one attached hydrogen (secondary N) is 2. The van der Waals surface area contributed by atoms with E-state index in [0.717, 1.165) is 16.6 Å². The third kappa shape index (κ3) is 4.27. The number of hydrogen-bond donors (Lipinski definition) is 2. The van der Waals surface area contributed by atoms with Crippen LogP contribution in [0.4, 0.5) is 5.69 Å². The van der Waals surface area contributed by atoms with Gasteiger partial charge < -0.3 is 24.8 Å². The molecule has 0 spiro atoms. The van der Waals surface area contributed by atoms with Crippen LogP contribution in [0.15, 0.2) is 42.5 Å². The number of imidazole rings is 1. The molecule has 0 bridgehead atoms. The number of ether oxygens (including phenoxy) is 1. The van der Waals surface area contributed by atoms with Crippen molar-refractivity contribution in [3.8, 4) is 0 Å². The number of aromatic nitrogens is 2. The second-order valence-corrected chi connectivity index (χ2v) is 7.91. The van der Waals surface area contributed by atoms with Gasteiger partial charge in [0.15, 0.2) is 0 Å². The molecule has 0 fully saturated rings. The molecule has 0 unspecified atom stereocenters. The molecular weight excluding hydrogens is 410 g/mol. The number of para-hydroxylation sites is 2. The summed E-state index contributed by atoms with van der Waals surface area (Å²) in [5.41, 5.74) is 3.81. The SMILES string of the molecule is COC(=O)C[C@@H]1Nc2ccc(C(=O)N(C)Cc3nc4ccccc4[nH]3)cc2CN(C)C1=O. The first-order valence-corrected chi connectivity index (χ1v) is 10.3. The minimum absolute atomic E-state index is 0.0694. The van der Waals surface area contributed by atoms with Crippen LogP contribution < -0.4 is 5.32 Å². The summed E-state index contributed by atoms with van der Waals surface area (Å²) in [5.74, 6) is -0.125. The van der Waals surface area contributed by atoms with E-state index in [1.54, 1.807) is 42.1 Å². The van der Waals surface area contributed by atoms with E-state index in [-0.39, 0.29) is 18.2 Å². The van der Waals surface area contributed by atoms with Crippen LogP contribution in [0.5, 0.6) is 0 Å². The van der Waals surface area contributed by atoms with Crippen molar-refractivity contribution in [2.24, 2.45) is 0 Å². The number of esters is 1. The number of benzene rings is 2. The van der Waals surface area contributed by atoms with E-state index in [0.29, 0.717) is 30.2 Å². The Hall–Kier alpha value is -3.88. The van der Waals surface area contributed by atoms with Crippen LogP contribution >= 0.6 is 0 Å². The largest absolute Gasteiger partial charge is 0.469 e. The average molecular weight is 435 g/mol. The maximum absolute atomic E-state index is 13.1. The Balaban J connectivity index is 1.52. The maximum atomic E-state index is 13.1. The molecule has 1 aliphatic rings. The van der Waals surface area contributed by atoms with Gasteiger partial charge >= 0.3 is 5.97 Å². The molecule has 4 rings (SSSR count). The van der Waals surface area contributed by atoms with E-state index < -0.39 is 12.0 Å². The van der Waals surface area contributed by atoms with Gasteiger partial charge in [-0.25, -0.2) is 4.98 Å². The van der Waals surface area contributed by atoms with E-state index in [1.807, 2.05) is 24.3 Å². The smallest absolute Gasteiger partial charge is 0.308 e. The molecule has 1 atom stereocenters. The Kier molecular flexibility index (Phi) is 5.81. The summed E-state index contributed by atoms with van der Waals surface area (Å²) in [4.78, 5) is 48.3. The van der Waals surface area contributed by atoms with E-state index in [9.17, 15) is 14.4 Å². The number of amides is 2. The molecule has 3 aromatic rings. The van der Waals surface area contributed by atoms with Crippen LogP contribution in [-0.2, 0) is 27.4 Å². The molecular formula is C23H25N5O4. The lowest BCUT2D eigenvalue weighted by atomic mass is 10.1. The highest BCUT2D eigenvalue weighted by atomic mass is 16.5. The quantitative estimate of drug-likeness (QED) is 0.595. The van der Waals surface area contributed by atoms with Gasteiger partial charge in [0.25, 0.3) is 5.91 Å². The molecule has 32 heavy (non-hydrogen) atoms. The molecule has 1 aromatic heterocycles. The fourth-order valence-corrected chi connectivity index (χ4v) is 3.83. The van der Waals surface area contributed by atoms with Crippen molar-refractivity contribution in [1.29, 1.82) is 0 Å². The lowest BCUT2D eigenvalue weighted by Gasteiger charge is -2.19. The monoisotopic (exact) mass is 435 g/mol. The summed E-state index contributed by atoms with van der Waals surface area (Å²) in [6, 6.07) is 12.3. The summed E-state index contributed by atoms with van der Waals surface area (Å²) in [5, 5.41) is 3.12. The van der Waals surface area contributed by atoms with Crippen molar-refractivity contribution < 1.29 is 19.1 Å².